The molecule has 0 atom stereocenters. The summed E-state index contributed by atoms with van der Waals surface area (Å²) < 4.78 is 16.5. The largest absolute Gasteiger partial charge is 0.493 e. The number of morpholine rings is 1. The van der Waals surface area contributed by atoms with Crippen molar-refractivity contribution in [2.45, 2.75) is 0 Å². The van der Waals surface area contributed by atoms with E-state index in [2.05, 4.69) is 4.90 Å². The first-order valence-electron chi connectivity index (χ1n) is 6.62. The molecule has 1 aromatic rings. The number of thiocarbonyl (C=S) groups is 1. The third kappa shape index (κ3) is 3.82. The molecule has 0 aromatic heterocycles. The Morgan fingerprint density at radius 3 is 2.80 bits per heavy atom. The predicted molar refractivity (Wildman–Crippen MR) is 81.6 cm³/mol. The molecule has 2 rings (SSSR count). The normalized spacial score (nSPS) is 15.8. The van der Waals surface area contributed by atoms with Crippen molar-refractivity contribution in [2.75, 3.05) is 46.6 Å². The van der Waals surface area contributed by atoms with Crippen LogP contribution in [0, 0.1) is 0 Å². The molecule has 0 spiro atoms. The number of para-hydroxylation sites is 1. The highest BCUT2D eigenvalue weighted by Crippen LogP contribution is 2.30. The van der Waals surface area contributed by atoms with E-state index >= 15 is 0 Å². The molecule has 110 valence electrons. The van der Waals surface area contributed by atoms with Crippen molar-refractivity contribution in [1.29, 1.82) is 0 Å². The van der Waals surface area contributed by atoms with Gasteiger partial charge >= 0.3 is 0 Å². The van der Waals surface area contributed by atoms with E-state index < -0.39 is 0 Å². The molecule has 0 saturated carbocycles. The van der Waals surface area contributed by atoms with Gasteiger partial charge in [-0.3, -0.25) is 4.90 Å². The van der Waals surface area contributed by atoms with Crippen LogP contribution < -0.4 is 15.2 Å². The Balaban J connectivity index is 1.98. The Bertz CT molecular complexity index is 462. The van der Waals surface area contributed by atoms with E-state index in [1.807, 2.05) is 18.2 Å². The zero-order valence-corrected chi connectivity index (χ0v) is 12.4. The van der Waals surface area contributed by atoms with Crippen LogP contribution in [0.25, 0.3) is 0 Å². The number of benzene rings is 1. The van der Waals surface area contributed by atoms with Gasteiger partial charge in [-0.05, 0) is 12.1 Å². The van der Waals surface area contributed by atoms with Crippen LogP contribution in [0.5, 0.6) is 11.5 Å². The fourth-order valence-corrected chi connectivity index (χ4v) is 2.28. The van der Waals surface area contributed by atoms with Gasteiger partial charge in [-0.25, -0.2) is 0 Å². The van der Waals surface area contributed by atoms with Crippen LogP contribution in [0.15, 0.2) is 18.2 Å². The topological polar surface area (TPSA) is 57.0 Å². The van der Waals surface area contributed by atoms with Gasteiger partial charge in [0.05, 0.1) is 25.9 Å². The fraction of sp³-hybridized carbons (Fsp3) is 0.500. The molecule has 6 heteroatoms. The van der Waals surface area contributed by atoms with Crippen LogP contribution in [0.3, 0.4) is 0 Å². The average molecular weight is 296 g/mol. The van der Waals surface area contributed by atoms with Crippen molar-refractivity contribution in [3.8, 4) is 11.5 Å². The maximum atomic E-state index is 5.85. The summed E-state index contributed by atoms with van der Waals surface area (Å²) in [6.45, 7) is 4.86. The second-order valence-corrected chi connectivity index (χ2v) is 4.94. The summed E-state index contributed by atoms with van der Waals surface area (Å²) in [6.07, 6.45) is 0. The Morgan fingerprint density at radius 2 is 2.15 bits per heavy atom. The van der Waals surface area contributed by atoms with E-state index in [9.17, 15) is 0 Å². The smallest absolute Gasteiger partial charge is 0.171 e. The summed E-state index contributed by atoms with van der Waals surface area (Å²) in [4.78, 5) is 2.62. The molecule has 1 aliphatic heterocycles. The third-order valence-electron chi connectivity index (χ3n) is 3.22. The van der Waals surface area contributed by atoms with Gasteiger partial charge in [0.25, 0.3) is 0 Å². The number of rotatable bonds is 6. The molecule has 0 radical (unpaired) electrons. The Kier molecular flexibility index (Phi) is 5.58. The minimum atomic E-state index is 0.310. The lowest BCUT2D eigenvalue weighted by atomic mass is 10.2. The minimum Gasteiger partial charge on any atom is -0.493 e. The lowest BCUT2D eigenvalue weighted by Crippen LogP contribution is -2.38. The predicted octanol–water partition coefficient (Wildman–Crippen LogP) is 1.04. The number of nitrogens with zero attached hydrogens (tertiary/aromatic N) is 1. The lowest BCUT2D eigenvalue weighted by molar-refractivity contribution is 0.0321. The van der Waals surface area contributed by atoms with Crippen LogP contribution in [-0.2, 0) is 4.74 Å². The highest BCUT2D eigenvalue weighted by molar-refractivity contribution is 7.80. The molecule has 2 N–H and O–H groups in total. The zero-order valence-electron chi connectivity index (χ0n) is 11.6. The van der Waals surface area contributed by atoms with E-state index in [0.717, 1.165) is 32.8 Å². The van der Waals surface area contributed by atoms with E-state index in [-0.39, 0.29) is 0 Å². The number of methoxy groups -OCH3 is 1. The standard InChI is InChI=1S/C14H20N2O3S/c1-17-12-4-2-3-11(14(15)20)13(12)19-10-7-16-5-8-18-9-6-16/h2-4H,5-10H2,1H3,(H2,15,20). The van der Waals surface area contributed by atoms with E-state index in [0.29, 0.717) is 28.7 Å². The van der Waals surface area contributed by atoms with Gasteiger partial charge in [0.15, 0.2) is 11.5 Å². The van der Waals surface area contributed by atoms with Gasteiger partial charge in [-0.2, -0.15) is 0 Å². The van der Waals surface area contributed by atoms with Gasteiger partial charge in [0, 0.05) is 19.6 Å². The summed E-state index contributed by atoms with van der Waals surface area (Å²) in [7, 11) is 1.60. The molecular formula is C14H20N2O3S. The highest BCUT2D eigenvalue weighted by Gasteiger charge is 2.14. The van der Waals surface area contributed by atoms with Gasteiger partial charge in [-0.15, -0.1) is 0 Å². The second-order valence-electron chi connectivity index (χ2n) is 4.50. The molecule has 1 heterocycles. The van der Waals surface area contributed by atoms with Crippen molar-refractivity contribution >= 4 is 17.2 Å². The Hall–Kier alpha value is -1.37. The monoisotopic (exact) mass is 296 g/mol. The molecule has 0 amide bonds. The molecule has 5 nitrogen and oxygen atoms in total. The van der Waals surface area contributed by atoms with E-state index in [1.54, 1.807) is 7.11 Å². The molecule has 20 heavy (non-hydrogen) atoms. The first kappa shape index (κ1) is 15.0. The van der Waals surface area contributed by atoms with Crippen LogP contribution in [0.2, 0.25) is 0 Å². The first-order chi connectivity index (χ1) is 9.72. The number of ether oxygens (including phenoxy) is 3. The zero-order chi connectivity index (χ0) is 14.4. The van der Waals surface area contributed by atoms with Gasteiger partial charge < -0.3 is 19.9 Å². The fourth-order valence-electron chi connectivity index (χ4n) is 2.12. The lowest BCUT2D eigenvalue weighted by Gasteiger charge is -2.26. The van der Waals surface area contributed by atoms with Crippen LogP contribution in [0.1, 0.15) is 5.56 Å². The Labute approximate surface area is 124 Å². The van der Waals surface area contributed by atoms with Crippen molar-refractivity contribution in [3.63, 3.8) is 0 Å². The van der Waals surface area contributed by atoms with E-state index in [4.69, 9.17) is 32.2 Å². The summed E-state index contributed by atoms with van der Waals surface area (Å²) in [5, 5.41) is 0. The highest BCUT2D eigenvalue weighted by atomic mass is 32.1. The summed E-state index contributed by atoms with van der Waals surface area (Å²) in [5.74, 6) is 1.27. The SMILES string of the molecule is COc1cccc(C(N)=S)c1OCCN1CCOCC1. The first-order valence-corrected chi connectivity index (χ1v) is 7.03. The van der Waals surface area contributed by atoms with Crippen LogP contribution in [0.4, 0.5) is 0 Å². The maximum absolute atomic E-state index is 5.85. The van der Waals surface area contributed by atoms with Crippen molar-refractivity contribution < 1.29 is 14.2 Å². The van der Waals surface area contributed by atoms with Gasteiger partial charge in [0.1, 0.15) is 11.6 Å². The third-order valence-corrected chi connectivity index (χ3v) is 3.44. The molecule has 1 fully saturated rings. The van der Waals surface area contributed by atoms with Gasteiger partial charge in [-0.1, -0.05) is 18.3 Å². The minimum absolute atomic E-state index is 0.310. The van der Waals surface area contributed by atoms with Crippen LogP contribution >= 0.6 is 12.2 Å². The molecule has 0 aliphatic carbocycles. The summed E-state index contributed by atoms with van der Waals surface area (Å²) >= 11 is 5.05. The molecule has 1 saturated heterocycles. The maximum Gasteiger partial charge on any atom is 0.171 e. The Morgan fingerprint density at radius 1 is 1.40 bits per heavy atom. The number of hydrogen-bond donors (Lipinski definition) is 1. The average Bonchev–Trinajstić information content (AvgIpc) is 2.48. The van der Waals surface area contributed by atoms with Gasteiger partial charge in [0.2, 0.25) is 0 Å². The quantitative estimate of drug-likeness (QED) is 0.792. The molecule has 1 aromatic carbocycles. The second kappa shape index (κ2) is 7.42. The van der Waals surface area contributed by atoms with E-state index in [1.165, 1.54) is 0 Å². The van der Waals surface area contributed by atoms with Crippen LogP contribution in [-0.4, -0.2) is 56.5 Å². The molecule has 0 bridgehead atoms. The summed E-state index contributed by atoms with van der Waals surface area (Å²) in [5.41, 5.74) is 6.43. The molecule has 1 aliphatic rings. The molecule has 0 unspecified atom stereocenters. The van der Waals surface area contributed by atoms with Crippen molar-refractivity contribution in [2.24, 2.45) is 5.73 Å². The number of hydrogen-bond acceptors (Lipinski definition) is 5. The molecular weight excluding hydrogens is 276 g/mol. The summed E-state index contributed by atoms with van der Waals surface area (Å²) in [6, 6.07) is 5.53. The van der Waals surface area contributed by atoms with Crippen molar-refractivity contribution in [3.05, 3.63) is 23.8 Å². The van der Waals surface area contributed by atoms with Crippen molar-refractivity contribution in [1.82, 2.24) is 4.90 Å². The number of nitrogens with two attached hydrogens (primary N) is 1.